The molecule has 0 saturated heterocycles. The quantitative estimate of drug-likeness (QED) is 0.771. The molecule has 0 radical (unpaired) electrons. The predicted molar refractivity (Wildman–Crippen MR) is 74.0 cm³/mol. The zero-order valence-corrected chi connectivity index (χ0v) is 10.7. The van der Waals surface area contributed by atoms with Crippen molar-refractivity contribution >= 4 is 5.69 Å². The summed E-state index contributed by atoms with van der Waals surface area (Å²) in [6.07, 6.45) is 2.58. The number of nitrogens with one attached hydrogen (secondary N) is 1. The molecule has 20 heavy (non-hydrogen) atoms. The van der Waals surface area contributed by atoms with Crippen molar-refractivity contribution in [1.82, 2.24) is 15.1 Å². The van der Waals surface area contributed by atoms with Crippen LogP contribution in [0.1, 0.15) is 17.5 Å². The molecule has 98 valence electrons. The van der Waals surface area contributed by atoms with E-state index in [9.17, 15) is 0 Å². The number of aromatic nitrogens is 3. The molecule has 1 aromatic carbocycles. The summed E-state index contributed by atoms with van der Waals surface area (Å²) in [5.74, 6) is 1.13. The molecule has 3 heterocycles. The highest BCUT2D eigenvalue weighted by Gasteiger charge is 2.26. The third-order valence-electron chi connectivity index (χ3n) is 3.40. The molecule has 0 unspecified atom stereocenters. The Hall–Kier alpha value is -2.69. The van der Waals surface area contributed by atoms with Crippen molar-refractivity contribution in [1.29, 1.82) is 0 Å². The van der Waals surface area contributed by atoms with Crippen LogP contribution in [-0.4, -0.2) is 15.1 Å². The number of para-hydroxylation sites is 1. The minimum absolute atomic E-state index is 0.0392. The van der Waals surface area contributed by atoms with Crippen molar-refractivity contribution in [2.75, 3.05) is 5.32 Å². The molecule has 4 rings (SSSR count). The fourth-order valence-electron chi connectivity index (χ4n) is 2.42. The molecule has 0 amide bonds. The topological polar surface area (TPSA) is 63.8 Å². The van der Waals surface area contributed by atoms with E-state index in [0.29, 0.717) is 11.7 Å². The lowest BCUT2D eigenvalue weighted by molar-refractivity contribution is 0.364. The van der Waals surface area contributed by atoms with Crippen molar-refractivity contribution < 1.29 is 4.52 Å². The van der Waals surface area contributed by atoms with E-state index >= 15 is 0 Å². The van der Waals surface area contributed by atoms with Gasteiger partial charge in [-0.1, -0.05) is 29.4 Å². The molecular formula is C15H12N4O. The van der Waals surface area contributed by atoms with Crippen LogP contribution < -0.4 is 5.32 Å². The molecule has 5 heteroatoms. The van der Waals surface area contributed by atoms with Crippen molar-refractivity contribution in [2.24, 2.45) is 0 Å². The average Bonchev–Trinajstić information content (AvgIpc) is 3.14. The van der Waals surface area contributed by atoms with Gasteiger partial charge in [0.1, 0.15) is 11.7 Å². The zero-order chi connectivity index (χ0) is 13.4. The second kappa shape index (κ2) is 4.45. The van der Waals surface area contributed by atoms with E-state index < -0.39 is 0 Å². The monoisotopic (exact) mass is 264 g/mol. The minimum atomic E-state index is 0.0392. The highest BCUT2D eigenvalue weighted by Crippen LogP contribution is 2.33. The van der Waals surface area contributed by atoms with Gasteiger partial charge in [0.2, 0.25) is 11.7 Å². The Morgan fingerprint density at radius 3 is 2.85 bits per heavy atom. The number of fused-ring (bicyclic) bond motifs is 1. The molecule has 5 nitrogen and oxygen atoms in total. The van der Waals surface area contributed by atoms with Crippen LogP contribution in [0.3, 0.4) is 0 Å². The fourth-order valence-corrected chi connectivity index (χ4v) is 2.42. The van der Waals surface area contributed by atoms with Gasteiger partial charge in [0.15, 0.2) is 0 Å². The van der Waals surface area contributed by atoms with Crippen LogP contribution in [0.15, 0.2) is 53.2 Å². The Morgan fingerprint density at radius 1 is 1.10 bits per heavy atom. The maximum atomic E-state index is 5.37. The van der Waals surface area contributed by atoms with E-state index in [-0.39, 0.29) is 6.04 Å². The lowest BCUT2D eigenvalue weighted by atomic mass is 10.1. The van der Waals surface area contributed by atoms with Gasteiger partial charge in [0.05, 0.1) is 0 Å². The molecule has 1 atom stereocenters. The van der Waals surface area contributed by atoms with Crippen LogP contribution in [0, 0.1) is 0 Å². The van der Waals surface area contributed by atoms with Crippen molar-refractivity contribution in [3.05, 3.63) is 60.1 Å². The van der Waals surface area contributed by atoms with E-state index in [0.717, 1.165) is 17.8 Å². The third kappa shape index (κ3) is 1.84. The maximum absolute atomic E-state index is 5.37. The molecule has 1 N–H and O–H groups in total. The molecule has 0 saturated carbocycles. The standard InChI is InChI=1S/C15H12N4O/c1-2-6-11-10(5-1)9-13(17-11)15-18-14(19-20-15)12-7-3-4-8-16-12/h1-8,13,17H,9H2/t13-/m0/s1. The summed E-state index contributed by atoms with van der Waals surface area (Å²) in [6, 6.07) is 13.9. The lowest BCUT2D eigenvalue weighted by Crippen LogP contribution is -2.05. The number of hydrogen-bond acceptors (Lipinski definition) is 5. The maximum Gasteiger partial charge on any atom is 0.249 e. The van der Waals surface area contributed by atoms with E-state index in [2.05, 4.69) is 32.6 Å². The van der Waals surface area contributed by atoms with Gasteiger partial charge in [-0.3, -0.25) is 4.98 Å². The Bertz CT molecular complexity index is 713. The summed E-state index contributed by atoms with van der Waals surface area (Å²) >= 11 is 0. The molecular weight excluding hydrogens is 252 g/mol. The number of pyridine rings is 1. The highest BCUT2D eigenvalue weighted by atomic mass is 16.5. The Morgan fingerprint density at radius 2 is 2.00 bits per heavy atom. The summed E-state index contributed by atoms with van der Waals surface area (Å²) in [6.45, 7) is 0. The summed E-state index contributed by atoms with van der Waals surface area (Å²) in [4.78, 5) is 8.67. The summed E-state index contributed by atoms with van der Waals surface area (Å²) in [5, 5.41) is 7.40. The summed E-state index contributed by atoms with van der Waals surface area (Å²) < 4.78 is 5.37. The molecule has 2 aromatic heterocycles. The first-order chi connectivity index (χ1) is 9.90. The van der Waals surface area contributed by atoms with Crippen LogP contribution in [-0.2, 0) is 6.42 Å². The van der Waals surface area contributed by atoms with Crippen LogP contribution in [0.4, 0.5) is 5.69 Å². The number of hydrogen-bond donors (Lipinski definition) is 1. The predicted octanol–water partition coefficient (Wildman–Crippen LogP) is 2.84. The molecule has 0 fully saturated rings. The van der Waals surface area contributed by atoms with Gasteiger partial charge in [-0.2, -0.15) is 4.98 Å². The van der Waals surface area contributed by atoms with Crippen molar-refractivity contribution in [2.45, 2.75) is 12.5 Å². The third-order valence-corrected chi connectivity index (χ3v) is 3.40. The highest BCUT2D eigenvalue weighted by molar-refractivity contribution is 5.57. The van der Waals surface area contributed by atoms with Gasteiger partial charge in [-0.25, -0.2) is 0 Å². The molecule has 1 aliphatic rings. The van der Waals surface area contributed by atoms with Crippen LogP contribution >= 0.6 is 0 Å². The molecule has 3 aromatic rings. The van der Waals surface area contributed by atoms with Gasteiger partial charge >= 0.3 is 0 Å². The molecule has 0 aliphatic carbocycles. The van der Waals surface area contributed by atoms with Gasteiger partial charge in [0.25, 0.3) is 0 Å². The first-order valence-electron chi connectivity index (χ1n) is 6.49. The SMILES string of the molecule is c1ccc(-c2noc([C@@H]3Cc4ccccc4N3)n2)nc1. The summed E-state index contributed by atoms with van der Waals surface area (Å²) in [5.41, 5.74) is 3.13. The van der Waals surface area contributed by atoms with Crippen LogP contribution in [0.25, 0.3) is 11.5 Å². The van der Waals surface area contributed by atoms with E-state index in [1.165, 1.54) is 5.56 Å². The Labute approximate surface area is 115 Å². The normalized spacial score (nSPS) is 16.7. The number of rotatable bonds is 2. The number of benzene rings is 1. The zero-order valence-electron chi connectivity index (χ0n) is 10.7. The first-order valence-corrected chi connectivity index (χ1v) is 6.49. The Balaban J connectivity index is 1.61. The smallest absolute Gasteiger partial charge is 0.249 e. The first kappa shape index (κ1) is 11.2. The van der Waals surface area contributed by atoms with Gasteiger partial charge in [-0.15, -0.1) is 0 Å². The molecule has 1 aliphatic heterocycles. The van der Waals surface area contributed by atoms with E-state index in [4.69, 9.17) is 4.52 Å². The van der Waals surface area contributed by atoms with Gasteiger partial charge < -0.3 is 9.84 Å². The minimum Gasteiger partial charge on any atom is -0.373 e. The lowest BCUT2D eigenvalue weighted by Gasteiger charge is -2.04. The van der Waals surface area contributed by atoms with Crippen LogP contribution in [0.5, 0.6) is 0 Å². The molecule has 0 bridgehead atoms. The number of nitrogens with zero attached hydrogens (tertiary/aromatic N) is 3. The van der Waals surface area contributed by atoms with Gasteiger partial charge in [-0.05, 0) is 23.8 Å². The van der Waals surface area contributed by atoms with Crippen LogP contribution in [0.2, 0.25) is 0 Å². The Kier molecular flexibility index (Phi) is 2.48. The average molecular weight is 264 g/mol. The molecule has 0 spiro atoms. The second-order valence-electron chi connectivity index (χ2n) is 4.73. The second-order valence-corrected chi connectivity index (χ2v) is 4.73. The number of anilines is 1. The summed E-state index contributed by atoms with van der Waals surface area (Å²) in [7, 11) is 0. The van der Waals surface area contributed by atoms with Crippen molar-refractivity contribution in [3.63, 3.8) is 0 Å². The van der Waals surface area contributed by atoms with Gasteiger partial charge in [0, 0.05) is 18.3 Å². The fraction of sp³-hybridized carbons (Fsp3) is 0.133. The van der Waals surface area contributed by atoms with E-state index in [1.54, 1.807) is 6.20 Å². The largest absolute Gasteiger partial charge is 0.373 e. The van der Waals surface area contributed by atoms with E-state index in [1.807, 2.05) is 30.3 Å². The van der Waals surface area contributed by atoms with Crippen molar-refractivity contribution in [3.8, 4) is 11.5 Å².